The lowest BCUT2D eigenvalue weighted by Crippen LogP contribution is -2.56. The number of hydrogen-bond donors (Lipinski definition) is 3. The van der Waals surface area contributed by atoms with Gasteiger partial charge in [0, 0.05) is 51.8 Å². The number of piperazine rings is 1. The van der Waals surface area contributed by atoms with E-state index in [1.807, 2.05) is 6.92 Å². The first-order chi connectivity index (χ1) is 23.6. The van der Waals surface area contributed by atoms with Crippen LogP contribution in [-0.2, 0) is 23.9 Å². The Morgan fingerprint density at radius 1 is 1.00 bits per heavy atom. The van der Waals surface area contributed by atoms with Crippen molar-refractivity contribution in [2.75, 3.05) is 52.5 Å². The van der Waals surface area contributed by atoms with Gasteiger partial charge in [0.05, 0.1) is 12.3 Å². The van der Waals surface area contributed by atoms with Crippen LogP contribution in [0.15, 0.2) is 36.4 Å². The van der Waals surface area contributed by atoms with Crippen LogP contribution in [-0.4, -0.2) is 130 Å². The summed E-state index contributed by atoms with van der Waals surface area (Å²) in [5.74, 6) is -2.87. The first-order valence-electron chi connectivity index (χ1n) is 16.7. The van der Waals surface area contributed by atoms with E-state index in [2.05, 4.69) is 15.7 Å². The van der Waals surface area contributed by atoms with Crippen molar-refractivity contribution in [3.8, 4) is 11.6 Å². The monoisotopic (exact) mass is 683 g/mol. The second-order valence-corrected chi connectivity index (χ2v) is 11.8. The number of carboxylic acids is 1. The second-order valence-electron chi connectivity index (χ2n) is 11.8. The summed E-state index contributed by atoms with van der Waals surface area (Å²) in [4.78, 5) is 80.9. The number of nitrogens with zero attached hydrogens (tertiary/aromatic N) is 5. The molecule has 49 heavy (non-hydrogen) atoms. The summed E-state index contributed by atoms with van der Waals surface area (Å²) in [5, 5.41) is 19.2. The molecule has 0 radical (unpaired) electrons. The van der Waals surface area contributed by atoms with E-state index < -0.39 is 42.6 Å². The molecule has 4 rings (SSSR count). The average Bonchev–Trinajstić information content (AvgIpc) is 3.78. The molecular weight excluding hydrogens is 638 g/mol. The van der Waals surface area contributed by atoms with Crippen LogP contribution >= 0.6 is 0 Å². The van der Waals surface area contributed by atoms with E-state index in [0.29, 0.717) is 31.6 Å². The topological polar surface area (TPSA) is 193 Å². The molecule has 2 atom stereocenters. The highest BCUT2D eigenvalue weighted by atomic mass is 16.6. The van der Waals surface area contributed by atoms with Gasteiger partial charge in [0.2, 0.25) is 17.7 Å². The van der Waals surface area contributed by atoms with E-state index in [1.165, 1.54) is 25.4 Å². The summed E-state index contributed by atoms with van der Waals surface area (Å²) in [6.07, 6.45) is 2.00. The maximum absolute atomic E-state index is 13.5. The minimum Gasteiger partial charge on any atom is -0.481 e. The van der Waals surface area contributed by atoms with Crippen molar-refractivity contribution in [1.82, 2.24) is 35.1 Å². The predicted octanol–water partition coefficient (Wildman–Crippen LogP) is 1.42. The number of carbonyl (C=O) groups excluding carboxylic acids is 5. The van der Waals surface area contributed by atoms with E-state index >= 15 is 0 Å². The fourth-order valence-electron chi connectivity index (χ4n) is 5.70. The molecule has 266 valence electrons. The molecule has 16 nitrogen and oxygen atoms in total. The zero-order chi connectivity index (χ0) is 35.3. The van der Waals surface area contributed by atoms with Gasteiger partial charge in [-0.05, 0) is 44.7 Å². The Morgan fingerprint density at radius 2 is 1.71 bits per heavy atom. The maximum Gasteiger partial charge on any atom is 0.409 e. The molecule has 5 amide bonds. The van der Waals surface area contributed by atoms with Crippen molar-refractivity contribution in [3.05, 3.63) is 42.1 Å². The van der Waals surface area contributed by atoms with E-state index in [4.69, 9.17) is 9.47 Å². The molecule has 0 unspecified atom stereocenters. The lowest BCUT2D eigenvalue weighted by Gasteiger charge is -2.35. The average molecular weight is 684 g/mol. The Kier molecular flexibility index (Phi) is 13.4. The van der Waals surface area contributed by atoms with E-state index in [9.17, 15) is 33.9 Å². The SMILES string of the molecule is CCCCNC(=O)[C@@H]1CCCN1C(=O)COc1cc(C(=O)N[C@@H](CCC(=O)O)C(=O)N2CCN(C(=O)OCC)CC2)nn1-c1ccccc1. The summed E-state index contributed by atoms with van der Waals surface area (Å²) in [6.45, 7) is 5.33. The number of aliphatic carboxylic acids is 1. The third kappa shape index (κ3) is 9.93. The minimum absolute atomic E-state index is 0.0799. The van der Waals surface area contributed by atoms with Crippen LogP contribution < -0.4 is 15.4 Å². The summed E-state index contributed by atoms with van der Waals surface area (Å²) >= 11 is 0. The van der Waals surface area contributed by atoms with Gasteiger partial charge in [-0.3, -0.25) is 24.0 Å². The van der Waals surface area contributed by atoms with Crippen molar-refractivity contribution in [3.63, 3.8) is 0 Å². The molecule has 2 fully saturated rings. The lowest BCUT2D eigenvalue weighted by atomic mass is 10.1. The standard InChI is InChI=1S/C33H45N7O9/c1-3-5-15-34-31(45)26-12-9-16-39(26)27(41)22-49-28-21-25(36-40(28)23-10-7-6-8-11-23)30(44)35-24(13-14-29(42)43)32(46)37-17-19-38(20-18-37)33(47)48-4-2/h6-8,10-11,21,24,26H,3-5,9,12-20,22H2,1-2H3,(H,34,45)(H,35,44)(H,42,43)/t24-,26-/m0/s1. The van der Waals surface area contributed by atoms with Crippen molar-refractivity contribution >= 4 is 35.7 Å². The highest BCUT2D eigenvalue weighted by Crippen LogP contribution is 2.22. The van der Waals surface area contributed by atoms with Gasteiger partial charge in [-0.2, -0.15) is 5.10 Å². The number of carboxylic acid groups (broad SMARTS) is 1. The van der Waals surface area contributed by atoms with Gasteiger partial charge in [0.15, 0.2) is 12.3 Å². The van der Waals surface area contributed by atoms with Crippen molar-refractivity contribution < 1.29 is 43.3 Å². The highest BCUT2D eigenvalue weighted by molar-refractivity contribution is 5.96. The molecule has 2 aliphatic rings. The molecule has 3 N–H and O–H groups in total. The van der Waals surface area contributed by atoms with E-state index in [-0.39, 0.29) is 69.0 Å². The number of amides is 5. The molecule has 16 heteroatoms. The van der Waals surface area contributed by atoms with Gasteiger partial charge < -0.3 is 39.9 Å². The molecule has 2 saturated heterocycles. The largest absolute Gasteiger partial charge is 0.481 e. The number of carbonyl (C=O) groups is 6. The molecule has 1 aromatic heterocycles. The predicted molar refractivity (Wildman–Crippen MR) is 175 cm³/mol. The molecule has 2 aliphatic heterocycles. The highest BCUT2D eigenvalue weighted by Gasteiger charge is 2.35. The molecule has 1 aromatic carbocycles. The molecule has 0 aliphatic carbocycles. The maximum atomic E-state index is 13.5. The fourth-order valence-corrected chi connectivity index (χ4v) is 5.70. The first kappa shape index (κ1) is 36.7. The Bertz CT molecular complexity index is 1470. The zero-order valence-electron chi connectivity index (χ0n) is 28.0. The minimum atomic E-state index is -1.18. The van der Waals surface area contributed by atoms with Crippen LogP contribution in [0.5, 0.6) is 5.88 Å². The first-order valence-corrected chi connectivity index (χ1v) is 16.7. The number of rotatable bonds is 15. The van der Waals surface area contributed by atoms with Gasteiger partial charge in [-0.25, -0.2) is 9.48 Å². The molecule has 3 heterocycles. The molecule has 0 saturated carbocycles. The number of hydrogen-bond acceptors (Lipinski definition) is 9. The number of benzene rings is 1. The van der Waals surface area contributed by atoms with Gasteiger partial charge in [0.25, 0.3) is 11.8 Å². The van der Waals surface area contributed by atoms with Crippen LogP contribution in [0.3, 0.4) is 0 Å². The summed E-state index contributed by atoms with van der Waals surface area (Å²) < 4.78 is 12.3. The Balaban J connectivity index is 1.47. The summed E-state index contributed by atoms with van der Waals surface area (Å²) in [6, 6.07) is 8.37. The number of likely N-dealkylation sites (tertiary alicyclic amines) is 1. The molecule has 0 bridgehead atoms. The Morgan fingerprint density at radius 3 is 2.39 bits per heavy atom. The quantitative estimate of drug-likeness (QED) is 0.231. The van der Waals surface area contributed by atoms with Crippen LogP contribution in [0.1, 0.15) is 62.9 Å². The number of unbranched alkanes of at least 4 members (excludes halogenated alkanes) is 1. The third-order valence-electron chi connectivity index (χ3n) is 8.33. The van der Waals surface area contributed by atoms with Crippen LogP contribution in [0.4, 0.5) is 4.79 Å². The summed E-state index contributed by atoms with van der Waals surface area (Å²) in [5.41, 5.74) is 0.414. The van der Waals surface area contributed by atoms with Gasteiger partial charge >= 0.3 is 12.1 Å². The normalized spacial score (nSPS) is 16.5. The summed E-state index contributed by atoms with van der Waals surface area (Å²) in [7, 11) is 0. The van der Waals surface area contributed by atoms with Gasteiger partial charge in [-0.15, -0.1) is 0 Å². The number of ether oxygens (including phenoxy) is 2. The van der Waals surface area contributed by atoms with Crippen LogP contribution in [0.2, 0.25) is 0 Å². The second kappa shape index (κ2) is 17.8. The molecule has 0 spiro atoms. The van der Waals surface area contributed by atoms with E-state index in [1.54, 1.807) is 37.3 Å². The van der Waals surface area contributed by atoms with Crippen LogP contribution in [0.25, 0.3) is 5.69 Å². The molecular formula is C33H45N7O9. The smallest absolute Gasteiger partial charge is 0.409 e. The third-order valence-corrected chi connectivity index (χ3v) is 8.33. The molecule has 2 aromatic rings. The number of aromatic nitrogens is 2. The fraction of sp³-hybridized carbons (Fsp3) is 0.545. The zero-order valence-corrected chi connectivity index (χ0v) is 28.0. The van der Waals surface area contributed by atoms with E-state index in [0.717, 1.165) is 12.8 Å². The van der Waals surface area contributed by atoms with Crippen molar-refractivity contribution in [2.45, 2.75) is 64.5 Å². The van der Waals surface area contributed by atoms with Gasteiger partial charge in [0.1, 0.15) is 12.1 Å². The van der Waals surface area contributed by atoms with Crippen molar-refractivity contribution in [2.24, 2.45) is 0 Å². The number of para-hydroxylation sites is 1. The Labute approximate surface area is 284 Å². The van der Waals surface area contributed by atoms with Crippen molar-refractivity contribution in [1.29, 1.82) is 0 Å². The number of nitrogens with one attached hydrogen (secondary N) is 2. The lowest BCUT2D eigenvalue weighted by molar-refractivity contribution is -0.140. The van der Waals surface area contributed by atoms with Gasteiger partial charge in [-0.1, -0.05) is 31.5 Å². The van der Waals surface area contributed by atoms with Crippen LogP contribution in [0, 0.1) is 0 Å². The Hall–Kier alpha value is -5.15.